The van der Waals surface area contributed by atoms with Crippen LogP contribution in [0.3, 0.4) is 0 Å². The van der Waals surface area contributed by atoms with Crippen molar-refractivity contribution in [3.05, 3.63) is 34.4 Å². The van der Waals surface area contributed by atoms with Crippen molar-refractivity contribution in [3.63, 3.8) is 0 Å². The van der Waals surface area contributed by atoms with Gasteiger partial charge in [0.2, 0.25) is 5.91 Å². The van der Waals surface area contributed by atoms with Gasteiger partial charge in [0, 0.05) is 38.0 Å². The van der Waals surface area contributed by atoms with Gasteiger partial charge in [-0.05, 0) is 12.1 Å². The van der Waals surface area contributed by atoms with Crippen molar-refractivity contribution < 1.29 is 14.5 Å². The average Bonchev–Trinajstić information content (AvgIpc) is 2.35. The number of nitrogens with zero attached hydrogens (tertiary/aromatic N) is 1. The van der Waals surface area contributed by atoms with E-state index >= 15 is 0 Å². The monoisotopic (exact) mass is 253 g/mol. The number of nitrogens with one attached hydrogen (secondary N) is 2. The third-order valence-electron chi connectivity index (χ3n) is 2.13. The fourth-order valence-electron chi connectivity index (χ4n) is 1.29. The van der Waals surface area contributed by atoms with Gasteiger partial charge in [0.05, 0.1) is 4.92 Å². The molecule has 1 rings (SSSR count). The summed E-state index contributed by atoms with van der Waals surface area (Å²) in [5, 5.41) is 16.1. The Morgan fingerprint density at radius 3 is 2.56 bits per heavy atom. The predicted molar refractivity (Wildman–Crippen MR) is 66.5 cm³/mol. The van der Waals surface area contributed by atoms with Gasteiger partial charge in [-0.15, -0.1) is 0 Å². The van der Waals surface area contributed by atoms with Crippen LogP contribution in [0, 0.1) is 10.1 Å². The maximum Gasteiger partial charge on any atom is 0.269 e. The van der Waals surface area contributed by atoms with Crippen LogP contribution in [0.4, 0.5) is 11.4 Å². The topological polar surface area (TPSA) is 93.5 Å². The number of carbonyl (C=O) groups excluding carboxylic acids is 1. The summed E-state index contributed by atoms with van der Waals surface area (Å²) in [4.78, 5) is 21.0. The average molecular weight is 253 g/mol. The molecule has 0 heterocycles. The number of nitro benzene ring substituents is 1. The van der Waals surface area contributed by atoms with Crippen molar-refractivity contribution in [3.8, 4) is 0 Å². The van der Waals surface area contributed by atoms with E-state index in [-0.39, 0.29) is 18.2 Å². The van der Waals surface area contributed by atoms with Crippen LogP contribution < -0.4 is 10.6 Å². The molecule has 1 amide bonds. The molecule has 0 atom stereocenters. The fourth-order valence-corrected chi connectivity index (χ4v) is 1.29. The Morgan fingerprint density at radius 2 is 2.00 bits per heavy atom. The Bertz CT molecular complexity index is 405. The van der Waals surface area contributed by atoms with Crippen molar-refractivity contribution >= 4 is 17.3 Å². The van der Waals surface area contributed by atoms with Gasteiger partial charge in [-0.3, -0.25) is 14.9 Å². The van der Waals surface area contributed by atoms with E-state index in [1.165, 1.54) is 19.2 Å². The number of nitro groups is 1. The fraction of sp³-hybridized carbons (Fsp3) is 0.364. The lowest BCUT2D eigenvalue weighted by molar-refractivity contribution is -0.384. The quantitative estimate of drug-likeness (QED) is 0.425. The lowest BCUT2D eigenvalue weighted by Gasteiger charge is -2.07. The molecule has 18 heavy (non-hydrogen) atoms. The van der Waals surface area contributed by atoms with Gasteiger partial charge in [-0.2, -0.15) is 0 Å². The van der Waals surface area contributed by atoms with Crippen molar-refractivity contribution in [1.82, 2.24) is 5.32 Å². The van der Waals surface area contributed by atoms with E-state index in [0.29, 0.717) is 13.1 Å². The molecule has 0 saturated heterocycles. The first-order chi connectivity index (χ1) is 8.63. The molecule has 0 saturated carbocycles. The Labute approximate surface area is 104 Å². The zero-order valence-electron chi connectivity index (χ0n) is 10.0. The Balaban J connectivity index is 2.27. The molecule has 0 aromatic heterocycles. The summed E-state index contributed by atoms with van der Waals surface area (Å²) < 4.78 is 4.66. The summed E-state index contributed by atoms with van der Waals surface area (Å²) >= 11 is 0. The van der Waals surface area contributed by atoms with Gasteiger partial charge in [-0.1, -0.05) is 0 Å². The Morgan fingerprint density at radius 1 is 1.33 bits per heavy atom. The number of anilines is 1. The maximum atomic E-state index is 11.0. The van der Waals surface area contributed by atoms with Crippen molar-refractivity contribution in [1.29, 1.82) is 0 Å². The number of amides is 1. The second kappa shape index (κ2) is 7.23. The molecule has 0 bridgehead atoms. The minimum Gasteiger partial charge on any atom is -0.383 e. The molecular formula is C11H15N3O4. The van der Waals surface area contributed by atoms with Gasteiger partial charge in [-0.25, -0.2) is 0 Å². The maximum absolute atomic E-state index is 11.0. The van der Waals surface area contributed by atoms with Crippen LogP contribution in [0.5, 0.6) is 0 Å². The van der Waals surface area contributed by atoms with Crippen LogP contribution in [-0.2, 0) is 9.53 Å². The van der Waals surface area contributed by atoms with Crippen LogP contribution in [0.15, 0.2) is 24.3 Å². The van der Waals surface area contributed by atoms with Crippen molar-refractivity contribution in [2.75, 3.05) is 32.1 Å². The standard InChI is InChI=1S/C11H15N3O4/c1-18-8-11(15)13-7-6-12-9-2-4-10(5-3-9)14(16)17/h2-5,12H,6-8H2,1H3,(H,13,15). The molecule has 1 aromatic rings. The number of hydrogen-bond acceptors (Lipinski definition) is 5. The molecule has 1 aromatic carbocycles. The highest BCUT2D eigenvalue weighted by atomic mass is 16.6. The molecule has 0 aliphatic heterocycles. The molecule has 0 unspecified atom stereocenters. The number of benzene rings is 1. The van der Waals surface area contributed by atoms with Crippen molar-refractivity contribution in [2.45, 2.75) is 0 Å². The van der Waals surface area contributed by atoms with Gasteiger partial charge in [0.25, 0.3) is 5.69 Å². The Kier molecular flexibility index (Phi) is 5.59. The minimum atomic E-state index is -0.450. The highest BCUT2D eigenvalue weighted by Gasteiger charge is 2.03. The second-order valence-corrected chi connectivity index (χ2v) is 3.51. The summed E-state index contributed by atoms with van der Waals surface area (Å²) in [5.41, 5.74) is 0.815. The highest BCUT2D eigenvalue weighted by molar-refractivity contribution is 5.77. The summed E-state index contributed by atoms with van der Waals surface area (Å²) in [6.45, 7) is 1.03. The van der Waals surface area contributed by atoms with Crippen LogP contribution in [0.1, 0.15) is 0 Å². The van der Waals surface area contributed by atoms with Gasteiger partial charge < -0.3 is 15.4 Å². The summed E-state index contributed by atoms with van der Waals surface area (Å²) in [7, 11) is 1.45. The third-order valence-corrected chi connectivity index (χ3v) is 2.13. The Hall–Kier alpha value is -2.15. The van der Waals surface area contributed by atoms with E-state index in [4.69, 9.17) is 0 Å². The third kappa shape index (κ3) is 4.79. The van der Waals surface area contributed by atoms with Crippen LogP contribution in [0.2, 0.25) is 0 Å². The number of non-ortho nitro benzene ring substituents is 1. The van der Waals surface area contributed by atoms with E-state index in [9.17, 15) is 14.9 Å². The summed E-state index contributed by atoms with van der Waals surface area (Å²) in [6.07, 6.45) is 0. The van der Waals surface area contributed by atoms with E-state index in [2.05, 4.69) is 15.4 Å². The normalized spacial score (nSPS) is 9.83. The molecule has 0 radical (unpaired) electrons. The van der Waals surface area contributed by atoms with Gasteiger partial charge in [0.15, 0.2) is 0 Å². The van der Waals surface area contributed by atoms with E-state index in [0.717, 1.165) is 5.69 Å². The first-order valence-corrected chi connectivity index (χ1v) is 5.37. The molecule has 98 valence electrons. The van der Waals surface area contributed by atoms with Crippen LogP contribution in [-0.4, -0.2) is 37.6 Å². The molecule has 7 nitrogen and oxygen atoms in total. The SMILES string of the molecule is COCC(=O)NCCNc1ccc([N+](=O)[O-])cc1. The lowest BCUT2D eigenvalue weighted by Crippen LogP contribution is -2.31. The second-order valence-electron chi connectivity index (χ2n) is 3.51. The van der Waals surface area contributed by atoms with Crippen molar-refractivity contribution in [2.24, 2.45) is 0 Å². The molecule has 0 fully saturated rings. The minimum absolute atomic E-state index is 0.0392. The van der Waals surface area contributed by atoms with E-state index in [1.807, 2.05) is 0 Å². The smallest absolute Gasteiger partial charge is 0.269 e. The molecule has 0 spiro atoms. The summed E-state index contributed by atoms with van der Waals surface area (Å²) in [5.74, 6) is -0.178. The number of hydrogen-bond donors (Lipinski definition) is 2. The number of methoxy groups -OCH3 is 1. The number of ether oxygens (including phenoxy) is 1. The largest absolute Gasteiger partial charge is 0.383 e. The molecule has 0 aliphatic carbocycles. The molecule has 7 heteroatoms. The lowest BCUT2D eigenvalue weighted by atomic mass is 10.3. The van der Waals surface area contributed by atoms with Crippen LogP contribution >= 0.6 is 0 Å². The van der Waals surface area contributed by atoms with E-state index in [1.54, 1.807) is 12.1 Å². The summed E-state index contributed by atoms with van der Waals surface area (Å²) in [6, 6.07) is 6.09. The first-order valence-electron chi connectivity index (χ1n) is 5.37. The highest BCUT2D eigenvalue weighted by Crippen LogP contribution is 2.14. The van der Waals surface area contributed by atoms with E-state index < -0.39 is 4.92 Å². The molecule has 2 N–H and O–H groups in total. The predicted octanol–water partition coefficient (Wildman–Crippen LogP) is 0.769. The molecular weight excluding hydrogens is 238 g/mol. The zero-order valence-corrected chi connectivity index (χ0v) is 10.0. The van der Waals surface area contributed by atoms with Crippen LogP contribution in [0.25, 0.3) is 0 Å². The number of rotatable bonds is 7. The number of carbonyl (C=O) groups is 1. The van der Waals surface area contributed by atoms with Gasteiger partial charge >= 0.3 is 0 Å². The van der Waals surface area contributed by atoms with Gasteiger partial charge in [0.1, 0.15) is 6.61 Å². The zero-order chi connectivity index (χ0) is 13.4. The first kappa shape index (κ1) is 13.9. The molecule has 0 aliphatic rings.